The van der Waals surface area contributed by atoms with Crippen LogP contribution in [0.25, 0.3) is 0 Å². The summed E-state index contributed by atoms with van der Waals surface area (Å²) >= 11 is 6.17. The number of nitrogens with one attached hydrogen (secondary N) is 1. The van der Waals surface area contributed by atoms with Gasteiger partial charge in [-0.2, -0.15) is 0 Å². The van der Waals surface area contributed by atoms with E-state index in [9.17, 15) is 9.59 Å². The highest BCUT2D eigenvalue weighted by Gasteiger charge is 2.40. The van der Waals surface area contributed by atoms with Crippen LogP contribution in [0.5, 0.6) is 0 Å². The van der Waals surface area contributed by atoms with Crippen molar-refractivity contribution in [2.45, 2.75) is 25.4 Å². The molecule has 0 saturated carbocycles. The molecule has 1 aliphatic heterocycles. The van der Waals surface area contributed by atoms with Crippen molar-refractivity contribution in [1.82, 2.24) is 4.90 Å². The molecule has 1 heterocycles. The van der Waals surface area contributed by atoms with Crippen molar-refractivity contribution in [3.63, 3.8) is 0 Å². The normalized spacial score (nSPS) is 17.5. The van der Waals surface area contributed by atoms with Crippen molar-refractivity contribution in [2.75, 3.05) is 5.32 Å². The number of rotatable bonds is 6. The van der Waals surface area contributed by atoms with Crippen molar-refractivity contribution in [3.8, 4) is 0 Å². The molecule has 0 saturated heterocycles. The summed E-state index contributed by atoms with van der Waals surface area (Å²) in [6, 6.07) is 24.0. The van der Waals surface area contributed by atoms with Crippen LogP contribution in [0.1, 0.15) is 34.8 Å². The largest absolute Gasteiger partial charge is 0.359 e. The molecule has 4 rings (SSSR count). The number of benzene rings is 3. The summed E-state index contributed by atoms with van der Waals surface area (Å²) in [6.07, 6.45) is 4.55. The number of ketones is 1. The van der Waals surface area contributed by atoms with Gasteiger partial charge in [0.2, 0.25) is 5.91 Å². The minimum Gasteiger partial charge on any atom is -0.359 e. The quantitative estimate of drug-likeness (QED) is 0.511. The second kappa shape index (κ2) is 8.78. The van der Waals surface area contributed by atoms with E-state index in [2.05, 4.69) is 5.32 Å². The summed E-state index contributed by atoms with van der Waals surface area (Å²) in [5, 5.41) is 3.43. The van der Waals surface area contributed by atoms with E-state index >= 15 is 0 Å². The molecular formula is C26H23ClN2O2. The van der Waals surface area contributed by atoms with E-state index in [-0.39, 0.29) is 11.7 Å². The van der Waals surface area contributed by atoms with Gasteiger partial charge in [0.1, 0.15) is 5.54 Å². The van der Waals surface area contributed by atoms with Crippen LogP contribution in [0.2, 0.25) is 5.02 Å². The molecule has 3 aromatic rings. The Hall–Kier alpha value is -3.37. The molecular weight excluding hydrogens is 408 g/mol. The summed E-state index contributed by atoms with van der Waals surface area (Å²) in [6.45, 7) is 2.54. The maximum absolute atomic E-state index is 13.4. The first-order valence-corrected chi connectivity index (χ1v) is 10.5. The molecule has 1 N–H and O–H groups in total. The van der Waals surface area contributed by atoms with Gasteiger partial charge in [0.25, 0.3) is 0 Å². The third-order valence-electron chi connectivity index (χ3n) is 5.63. The Kier molecular flexibility index (Phi) is 5.92. The van der Waals surface area contributed by atoms with E-state index in [4.69, 9.17) is 11.6 Å². The minimum absolute atomic E-state index is 0.169. The number of carbonyl (C=O) groups excluding carboxylic acids is 2. The Labute approximate surface area is 187 Å². The molecule has 156 valence electrons. The lowest BCUT2D eigenvalue weighted by molar-refractivity contribution is -0.125. The van der Waals surface area contributed by atoms with Crippen LogP contribution in [-0.4, -0.2) is 22.1 Å². The number of halogens is 1. The summed E-state index contributed by atoms with van der Waals surface area (Å²) in [7, 11) is 0. The first-order chi connectivity index (χ1) is 15.0. The zero-order chi connectivity index (χ0) is 21.8. The first kappa shape index (κ1) is 20.9. The van der Waals surface area contributed by atoms with Gasteiger partial charge >= 0.3 is 0 Å². The highest BCUT2D eigenvalue weighted by Crippen LogP contribution is 2.31. The number of hydrogen-bond acceptors (Lipinski definition) is 3. The summed E-state index contributed by atoms with van der Waals surface area (Å²) in [5.41, 5.74) is 1.73. The molecule has 0 aromatic heterocycles. The van der Waals surface area contributed by atoms with Crippen LogP contribution in [0.3, 0.4) is 0 Å². The molecule has 0 radical (unpaired) electrons. The molecule has 1 aliphatic rings. The van der Waals surface area contributed by atoms with Gasteiger partial charge in [0.15, 0.2) is 5.78 Å². The van der Waals surface area contributed by atoms with Crippen LogP contribution in [0.15, 0.2) is 91.1 Å². The van der Waals surface area contributed by atoms with Gasteiger partial charge in [-0.25, -0.2) is 0 Å². The van der Waals surface area contributed by atoms with Gasteiger partial charge in [-0.05, 0) is 43.3 Å². The topological polar surface area (TPSA) is 49.4 Å². The second-order valence-corrected chi connectivity index (χ2v) is 8.25. The minimum atomic E-state index is -0.761. The maximum atomic E-state index is 13.4. The van der Waals surface area contributed by atoms with Crippen LogP contribution in [0, 0.1) is 0 Å². The van der Waals surface area contributed by atoms with E-state index in [1.54, 1.807) is 30.3 Å². The molecule has 0 unspecified atom stereocenters. The second-order valence-electron chi connectivity index (χ2n) is 7.82. The van der Waals surface area contributed by atoms with Gasteiger partial charge in [-0.3, -0.25) is 9.59 Å². The Bertz CT molecular complexity index is 1130. The van der Waals surface area contributed by atoms with Crippen LogP contribution >= 0.6 is 11.6 Å². The highest BCUT2D eigenvalue weighted by molar-refractivity contribution is 6.31. The molecule has 3 aromatic carbocycles. The van der Waals surface area contributed by atoms with Gasteiger partial charge < -0.3 is 10.2 Å². The van der Waals surface area contributed by atoms with Gasteiger partial charge in [0.05, 0.1) is 5.69 Å². The molecule has 0 fully saturated rings. The molecule has 4 nitrogen and oxygen atoms in total. The summed E-state index contributed by atoms with van der Waals surface area (Å²) < 4.78 is 0. The van der Waals surface area contributed by atoms with Crippen molar-refractivity contribution < 1.29 is 9.59 Å². The standard InChI is InChI=1S/C26H23ClN2O2/c1-26(15-8-16-29(26)18-19-9-4-2-5-10-19)25(31)28-23-14-13-21(27)17-22(23)24(30)20-11-6-3-7-12-20/h2-14,16-17H,15,18H2,1H3,(H,28,31)/t26-/m1/s1. The predicted molar refractivity (Wildman–Crippen MR) is 124 cm³/mol. The van der Waals surface area contributed by atoms with Crippen LogP contribution in [0.4, 0.5) is 5.69 Å². The van der Waals surface area contributed by atoms with Gasteiger partial charge in [-0.1, -0.05) is 78.3 Å². The molecule has 31 heavy (non-hydrogen) atoms. The lowest BCUT2D eigenvalue weighted by atomic mass is 9.95. The molecule has 1 atom stereocenters. The molecule has 5 heteroatoms. The fraction of sp³-hybridized carbons (Fsp3) is 0.154. The van der Waals surface area contributed by atoms with Crippen LogP contribution < -0.4 is 5.32 Å². The van der Waals surface area contributed by atoms with E-state index in [1.807, 2.05) is 72.6 Å². The molecule has 1 amide bonds. The zero-order valence-corrected chi connectivity index (χ0v) is 18.0. The van der Waals surface area contributed by atoms with Crippen LogP contribution in [-0.2, 0) is 11.3 Å². The fourth-order valence-electron chi connectivity index (χ4n) is 3.74. The average molecular weight is 431 g/mol. The molecule has 0 bridgehead atoms. The highest BCUT2D eigenvalue weighted by atomic mass is 35.5. The van der Waals surface area contributed by atoms with E-state index < -0.39 is 5.54 Å². The zero-order valence-electron chi connectivity index (χ0n) is 17.2. The van der Waals surface area contributed by atoms with E-state index in [0.29, 0.717) is 34.8 Å². The first-order valence-electron chi connectivity index (χ1n) is 10.2. The third-order valence-corrected chi connectivity index (χ3v) is 5.87. The Morgan fingerprint density at radius 2 is 1.68 bits per heavy atom. The number of amides is 1. The van der Waals surface area contributed by atoms with Gasteiger partial charge in [0, 0.05) is 22.7 Å². The maximum Gasteiger partial charge on any atom is 0.250 e. The lowest BCUT2D eigenvalue weighted by Crippen LogP contribution is -2.49. The molecule has 0 aliphatic carbocycles. The van der Waals surface area contributed by atoms with Crippen molar-refractivity contribution in [2.24, 2.45) is 0 Å². The smallest absolute Gasteiger partial charge is 0.250 e. The van der Waals surface area contributed by atoms with Crippen molar-refractivity contribution in [3.05, 3.63) is 113 Å². The number of anilines is 1. The van der Waals surface area contributed by atoms with E-state index in [1.165, 1.54) is 0 Å². The Morgan fingerprint density at radius 1 is 1.00 bits per heavy atom. The number of carbonyl (C=O) groups is 2. The third kappa shape index (κ3) is 4.39. The lowest BCUT2D eigenvalue weighted by Gasteiger charge is -2.35. The predicted octanol–water partition coefficient (Wildman–Crippen LogP) is 5.69. The monoisotopic (exact) mass is 430 g/mol. The summed E-state index contributed by atoms with van der Waals surface area (Å²) in [5.74, 6) is -0.355. The Balaban J connectivity index is 1.59. The average Bonchev–Trinajstić information content (AvgIpc) is 3.17. The summed E-state index contributed by atoms with van der Waals surface area (Å²) in [4.78, 5) is 28.5. The number of hydrogen-bond donors (Lipinski definition) is 1. The number of nitrogens with zero attached hydrogens (tertiary/aromatic N) is 1. The van der Waals surface area contributed by atoms with Crippen molar-refractivity contribution >= 4 is 29.0 Å². The van der Waals surface area contributed by atoms with Gasteiger partial charge in [-0.15, -0.1) is 0 Å². The van der Waals surface area contributed by atoms with E-state index in [0.717, 1.165) is 5.56 Å². The molecule has 0 spiro atoms. The SMILES string of the molecule is C[C@]1(C(=O)Nc2ccc(Cl)cc2C(=O)c2ccccc2)CC=CN1Cc1ccccc1. The fourth-order valence-corrected chi connectivity index (χ4v) is 3.91. The Morgan fingerprint density at radius 3 is 2.39 bits per heavy atom. The van der Waals surface area contributed by atoms with Crippen molar-refractivity contribution in [1.29, 1.82) is 0 Å².